The zero-order chi connectivity index (χ0) is 44.3. The van der Waals surface area contributed by atoms with Gasteiger partial charge in [-0.3, -0.25) is 24.9 Å². The molecule has 0 spiro atoms. The molecule has 0 bridgehead atoms. The number of ketones is 1. The summed E-state index contributed by atoms with van der Waals surface area (Å²) in [5.41, 5.74) is 6.94. The standard InChI is InChI=1S/C48H91N3O9/c1-3-5-7-9-11-13-15-17-18-19-20-22-24-26-31-35-43(55)51(37-33-29-25-23-21-16-14-12-10-8-6-4-2)48(49)45(47(59)46(58)41(39-52)60-48)40(53)38-50-42(54)34-30-27-28-32-36-44(56)57/h41,45-47,52,58-59H,3-39,49H2,1-2H3,(H,50,54)(H,56,57)/t41-,45-,46-,47-,48+/m1/s1. The quantitative estimate of drug-likeness (QED) is 0.0255. The number of unbranched alkanes of at least 4 members (excludes halogenated alkanes) is 28. The highest BCUT2D eigenvalue weighted by Crippen LogP contribution is 2.36. The van der Waals surface area contributed by atoms with Crippen molar-refractivity contribution in [3.05, 3.63) is 0 Å². The van der Waals surface area contributed by atoms with Gasteiger partial charge in [0, 0.05) is 25.8 Å². The number of hydrogen-bond donors (Lipinski definition) is 6. The molecule has 352 valence electrons. The number of aliphatic carboxylic acids is 1. The van der Waals surface area contributed by atoms with Gasteiger partial charge in [0.25, 0.3) is 0 Å². The van der Waals surface area contributed by atoms with Crippen molar-refractivity contribution in [3.8, 4) is 0 Å². The second kappa shape index (κ2) is 36.4. The van der Waals surface area contributed by atoms with Crippen LogP contribution in [-0.2, 0) is 23.9 Å². The van der Waals surface area contributed by atoms with Gasteiger partial charge in [-0.15, -0.1) is 0 Å². The molecule has 0 aromatic rings. The zero-order valence-corrected chi connectivity index (χ0v) is 38.3. The summed E-state index contributed by atoms with van der Waals surface area (Å²) in [6, 6.07) is 0. The second-order valence-electron chi connectivity index (χ2n) is 17.7. The number of aliphatic hydroxyl groups excluding tert-OH is 3. The number of carboxylic acid groups (broad SMARTS) is 1. The van der Waals surface area contributed by atoms with Crippen LogP contribution in [0.1, 0.15) is 232 Å². The van der Waals surface area contributed by atoms with E-state index in [2.05, 4.69) is 19.2 Å². The summed E-state index contributed by atoms with van der Waals surface area (Å²) in [5.74, 6) is -5.96. The van der Waals surface area contributed by atoms with E-state index < -0.39 is 55.0 Å². The number of hydrogen-bond acceptors (Lipinski definition) is 9. The topological polar surface area (TPSA) is 200 Å². The predicted molar refractivity (Wildman–Crippen MR) is 240 cm³/mol. The third-order valence-electron chi connectivity index (χ3n) is 12.3. The van der Waals surface area contributed by atoms with Crippen LogP contribution in [0.25, 0.3) is 0 Å². The van der Waals surface area contributed by atoms with Crippen molar-refractivity contribution in [1.29, 1.82) is 0 Å². The third kappa shape index (κ3) is 25.1. The van der Waals surface area contributed by atoms with Gasteiger partial charge in [0.2, 0.25) is 17.7 Å². The lowest BCUT2D eigenvalue weighted by Crippen LogP contribution is -2.75. The molecule has 5 atom stereocenters. The number of Topliss-reactive ketones (excluding diaryl/α,β-unsaturated/α-hetero) is 1. The van der Waals surface area contributed by atoms with Gasteiger partial charge in [-0.25, -0.2) is 0 Å². The zero-order valence-electron chi connectivity index (χ0n) is 38.3. The van der Waals surface area contributed by atoms with E-state index in [1.54, 1.807) is 0 Å². The van der Waals surface area contributed by atoms with Crippen LogP contribution < -0.4 is 11.1 Å². The van der Waals surface area contributed by atoms with Gasteiger partial charge < -0.3 is 35.4 Å². The van der Waals surface area contributed by atoms with Crippen molar-refractivity contribution >= 4 is 23.6 Å². The Kier molecular flexibility index (Phi) is 33.9. The van der Waals surface area contributed by atoms with Crippen molar-refractivity contribution in [2.24, 2.45) is 11.7 Å². The van der Waals surface area contributed by atoms with Gasteiger partial charge >= 0.3 is 5.97 Å². The molecule has 0 saturated carbocycles. The average molecular weight is 854 g/mol. The summed E-state index contributed by atoms with van der Waals surface area (Å²) in [7, 11) is 0. The van der Waals surface area contributed by atoms with Gasteiger partial charge in [0.1, 0.15) is 18.1 Å². The first kappa shape index (κ1) is 55.9. The summed E-state index contributed by atoms with van der Waals surface area (Å²) in [6.07, 6.45) is 29.7. The fourth-order valence-corrected chi connectivity index (χ4v) is 8.53. The van der Waals surface area contributed by atoms with Crippen molar-refractivity contribution in [2.75, 3.05) is 19.7 Å². The van der Waals surface area contributed by atoms with Gasteiger partial charge in [0.05, 0.1) is 19.3 Å². The Labute approximate surface area is 364 Å². The first-order valence-electron chi connectivity index (χ1n) is 24.8. The van der Waals surface area contributed by atoms with Crippen LogP contribution in [-0.4, -0.2) is 92.8 Å². The van der Waals surface area contributed by atoms with Crippen LogP contribution in [0, 0.1) is 5.92 Å². The number of aliphatic hydroxyl groups is 3. The molecule has 0 aliphatic carbocycles. The molecule has 0 unspecified atom stereocenters. The Morgan fingerprint density at radius 1 is 0.567 bits per heavy atom. The smallest absolute Gasteiger partial charge is 0.303 e. The molecular weight excluding hydrogens is 763 g/mol. The molecule has 1 heterocycles. The summed E-state index contributed by atoms with van der Waals surface area (Å²) in [4.78, 5) is 52.7. The maximum Gasteiger partial charge on any atom is 0.303 e. The third-order valence-corrected chi connectivity index (χ3v) is 12.3. The second-order valence-corrected chi connectivity index (χ2v) is 17.7. The van der Waals surface area contributed by atoms with Crippen molar-refractivity contribution in [3.63, 3.8) is 0 Å². The SMILES string of the molecule is CCCCCCCCCCCCCCCCCC(=O)N(CCCCCCCCCCCCCC)[C@]1(N)O[C@H](CO)[C@@H](O)[C@H](O)[C@H]1C(=O)CNC(=O)CCCCCCC(=O)O. The fourth-order valence-electron chi connectivity index (χ4n) is 8.53. The van der Waals surface area contributed by atoms with E-state index in [-0.39, 0.29) is 37.6 Å². The summed E-state index contributed by atoms with van der Waals surface area (Å²) < 4.78 is 6.08. The van der Waals surface area contributed by atoms with Crippen molar-refractivity contribution < 1.29 is 44.3 Å². The number of rotatable bonds is 41. The molecule has 0 radical (unpaired) electrons. The molecule has 1 aliphatic heterocycles. The van der Waals surface area contributed by atoms with Crippen LogP contribution in [0.3, 0.4) is 0 Å². The number of nitrogens with zero attached hydrogens (tertiary/aromatic N) is 1. The van der Waals surface area contributed by atoms with Crippen LogP contribution in [0.2, 0.25) is 0 Å². The van der Waals surface area contributed by atoms with Crippen LogP contribution >= 0.6 is 0 Å². The molecule has 12 nitrogen and oxygen atoms in total. The number of amides is 2. The minimum atomic E-state index is -2.15. The van der Waals surface area contributed by atoms with Crippen LogP contribution in [0.5, 0.6) is 0 Å². The first-order chi connectivity index (χ1) is 29.0. The maximum atomic E-state index is 14.1. The van der Waals surface area contributed by atoms with Gasteiger partial charge in [-0.2, -0.15) is 0 Å². The van der Waals surface area contributed by atoms with E-state index >= 15 is 0 Å². The Balaban J connectivity index is 2.84. The summed E-state index contributed by atoms with van der Waals surface area (Å²) in [5, 5.41) is 43.8. The maximum absolute atomic E-state index is 14.1. The van der Waals surface area contributed by atoms with E-state index in [9.17, 15) is 34.5 Å². The number of carbonyl (C=O) groups excluding carboxylic acids is 3. The lowest BCUT2D eigenvalue weighted by molar-refractivity contribution is -0.291. The molecule has 0 aromatic carbocycles. The van der Waals surface area contributed by atoms with E-state index in [1.807, 2.05) is 0 Å². The number of carboxylic acids is 1. The molecule has 12 heteroatoms. The molecular formula is C48H91N3O9. The number of carbonyl (C=O) groups is 4. The molecule has 60 heavy (non-hydrogen) atoms. The first-order valence-corrected chi connectivity index (χ1v) is 24.8. The molecule has 2 amide bonds. The molecule has 7 N–H and O–H groups in total. The van der Waals surface area contributed by atoms with Gasteiger partial charge in [-0.05, 0) is 25.7 Å². The largest absolute Gasteiger partial charge is 0.481 e. The summed E-state index contributed by atoms with van der Waals surface area (Å²) >= 11 is 0. The Hall–Kier alpha value is -2.12. The Morgan fingerprint density at radius 3 is 1.37 bits per heavy atom. The number of nitrogens with one attached hydrogen (secondary N) is 1. The van der Waals surface area contributed by atoms with E-state index in [4.69, 9.17) is 15.6 Å². The van der Waals surface area contributed by atoms with E-state index in [0.29, 0.717) is 38.5 Å². The molecule has 1 fully saturated rings. The highest BCUT2D eigenvalue weighted by atomic mass is 16.6. The lowest BCUT2D eigenvalue weighted by atomic mass is 9.82. The van der Waals surface area contributed by atoms with Crippen molar-refractivity contribution in [2.45, 2.75) is 256 Å². The molecule has 1 aliphatic rings. The van der Waals surface area contributed by atoms with Gasteiger partial charge in [0.15, 0.2) is 5.78 Å². The molecule has 1 rings (SSSR count). The van der Waals surface area contributed by atoms with Crippen LogP contribution in [0.4, 0.5) is 0 Å². The number of ether oxygens (including phenoxy) is 1. The fraction of sp³-hybridized carbons (Fsp3) is 0.917. The van der Waals surface area contributed by atoms with Crippen LogP contribution in [0.15, 0.2) is 0 Å². The Morgan fingerprint density at radius 2 is 0.950 bits per heavy atom. The van der Waals surface area contributed by atoms with Gasteiger partial charge in [-0.1, -0.05) is 187 Å². The number of nitrogens with two attached hydrogens (primary N) is 1. The average Bonchev–Trinajstić information content (AvgIpc) is 3.22. The normalized spacial score (nSPS) is 20.3. The predicted octanol–water partition coefficient (Wildman–Crippen LogP) is 9.23. The molecule has 1 saturated heterocycles. The lowest BCUT2D eigenvalue weighted by Gasteiger charge is -2.52. The highest BCUT2D eigenvalue weighted by Gasteiger charge is 2.58. The van der Waals surface area contributed by atoms with Crippen molar-refractivity contribution in [1.82, 2.24) is 10.2 Å². The highest BCUT2D eigenvalue weighted by molar-refractivity contribution is 5.89. The minimum absolute atomic E-state index is 0.0780. The monoisotopic (exact) mass is 854 g/mol. The molecule has 0 aromatic heterocycles. The van der Waals surface area contributed by atoms with E-state index in [0.717, 1.165) is 44.9 Å². The minimum Gasteiger partial charge on any atom is -0.481 e. The summed E-state index contributed by atoms with van der Waals surface area (Å²) in [6.45, 7) is 3.50. The Bertz CT molecular complexity index is 1110. The van der Waals surface area contributed by atoms with E-state index in [1.165, 1.54) is 120 Å².